The number of benzene rings is 3. The lowest BCUT2D eigenvalue weighted by molar-refractivity contribution is -0.385. The Bertz CT molecular complexity index is 2000. The second-order valence-corrected chi connectivity index (χ2v) is 9.14. The molecule has 0 fully saturated rings. The number of aromatic nitrogens is 3. The highest BCUT2D eigenvalue weighted by Crippen LogP contribution is 2.37. The van der Waals surface area contributed by atoms with E-state index in [-0.39, 0.29) is 28.9 Å². The zero-order chi connectivity index (χ0) is 28.5. The van der Waals surface area contributed by atoms with Crippen molar-refractivity contribution in [2.45, 2.75) is 0 Å². The van der Waals surface area contributed by atoms with Crippen molar-refractivity contribution in [2.24, 2.45) is 5.10 Å². The molecule has 0 spiro atoms. The van der Waals surface area contributed by atoms with E-state index in [2.05, 4.69) is 15.1 Å². The van der Waals surface area contributed by atoms with Crippen LogP contribution in [0.1, 0.15) is 5.56 Å². The third-order valence-electron chi connectivity index (χ3n) is 6.12. The molecule has 0 atom stereocenters. The third kappa shape index (κ3) is 4.97. The van der Waals surface area contributed by atoms with Crippen LogP contribution in [0.2, 0.25) is 5.02 Å². The average molecular weight is 568 g/mol. The Morgan fingerprint density at radius 3 is 2.63 bits per heavy atom. The third-order valence-corrected chi connectivity index (χ3v) is 6.34. The van der Waals surface area contributed by atoms with Crippen LogP contribution in [0.3, 0.4) is 0 Å². The predicted molar refractivity (Wildman–Crippen MR) is 153 cm³/mol. The number of nitro groups is 1. The lowest BCUT2D eigenvalue weighted by Crippen LogP contribution is -2.20. The molecule has 0 aliphatic heterocycles. The number of rotatable bonds is 7. The van der Waals surface area contributed by atoms with Gasteiger partial charge in [0.15, 0.2) is 17.3 Å². The minimum atomic E-state index is -0.563. The number of pyridine rings is 1. The number of ether oxygens (including phenoxy) is 2. The molecule has 202 valence electrons. The smallest absolute Gasteiger partial charge is 0.287 e. The van der Waals surface area contributed by atoms with Crippen molar-refractivity contribution in [1.29, 1.82) is 0 Å². The van der Waals surface area contributed by atoms with Crippen LogP contribution in [0.4, 0.5) is 5.69 Å². The number of hydrogen-bond acceptors (Lipinski definition) is 9. The number of hydrogen-bond donors (Lipinski definition) is 0. The Kier molecular flexibility index (Phi) is 6.62. The number of nitrogens with zero attached hydrogens (tertiary/aromatic N) is 5. The first-order valence-corrected chi connectivity index (χ1v) is 12.5. The Morgan fingerprint density at radius 1 is 1.07 bits per heavy atom. The summed E-state index contributed by atoms with van der Waals surface area (Å²) in [5, 5.41) is 17.0. The molecule has 0 aliphatic rings. The normalized spacial score (nSPS) is 11.4. The number of para-hydroxylation sites is 2. The predicted octanol–water partition coefficient (Wildman–Crippen LogP) is 6.45. The van der Waals surface area contributed by atoms with Gasteiger partial charge in [-0.15, -0.1) is 0 Å². The van der Waals surface area contributed by atoms with E-state index in [9.17, 15) is 14.9 Å². The topological polar surface area (TPSA) is 135 Å². The van der Waals surface area contributed by atoms with Gasteiger partial charge < -0.3 is 13.9 Å². The van der Waals surface area contributed by atoms with Crippen LogP contribution in [0.15, 0.2) is 99.4 Å². The summed E-state index contributed by atoms with van der Waals surface area (Å²) in [6.07, 6.45) is 2.45. The zero-order valence-electron chi connectivity index (χ0n) is 21.2. The summed E-state index contributed by atoms with van der Waals surface area (Å²) in [6.45, 7) is 0. The minimum Gasteiger partial charge on any atom is -0.493 e. The fraction of sp³-hybridized carbons (Fsp3) is 0.0345. The van der Waals surface area contributed by atoms with Crippen LogP contribution in [0, 0.1) is 10.1 Å². The summed E-state index contributed by atoms with van der Waals surface area (Å²) in [6, 6.07) is 21.9. The Morgan fingerprint density at radius 2 is 1.88 bits per heavy atom. The molecule has 0 N–H and O–H groups in total. The molecule has 0 radical (unpaired) electrons. The standard InChI is InChI=1S/C29H18ClN5O6/c1-39-24-14-19(30)12-18(27(24)41-26-11-10-20(16-31-26)35(37)38)15-32-34-28(25-13-17-6-2-5-9-23(17)40-25)33-22-8-4-3-7-21(22)29(34)36/h2-16H,1H3. The summed E-state index contributed by atoms with van der Waals surface area (Å²) < 4.78 is 18.6. The highest BCUT2D eigenvalue weighted by atomic mass is 35.5. The van der Waals surface area contributed by atoms with Crippen molar-refractivity contribution in [3.63, 3.8) is 0 Å². The fourth-order valence-corrected chi connectivity index (χ4v) is 4.41. The van der Waals surface area contributed by atoms with E-state index in [1.165, 1.54) is 31.5 Å². The molecule has 3 aromatic heterocycles. The lowest BCUT2D eigenvalue weighted by atomic mass is 10.2. The molecule has 3 aromatic carbocycles. The first-order valence-electron chi connectivity index (χ1n) is 12.1. The van der Waals surface area contributed by atoms with E-state index in [1.807, 2.05) is 24.3 Å². The van der Waals surface area contributed by atoms with E-state index in [1.54, 1.807) is 36.4 Å². The number of halogens is 1. The summed E-state index contributed by atoms with van der Waals surface area (Å²) in [5.41, 5.74) is 0.841. The first kappa shape index (κ1) is 25.7. The zero-order valence-corrected chi connectivity index (χ0v) is 22.0. The van der Waals surface area contributed by atoms with Crippen molar-refractivity contribution in [3.8, 4) is 29.0 Å². The van der Waals surface area contributed by atoms with Gasteiger partial charge in [-0.3, -0.25) is 14.9 Å². The van der Waals surface area contributed by atoms with Gasteiger partial charge in [-0.25, -0.2) is 9.97 Å². The van der Waals surface area contributed by atoms with Crippen molar-refractivity contribution in [1.82, 2.24) is 14.6 Å². The van der Waals surface area contributed by atoms with Crippen LogP contribution in [-0.4, -0.2) is 32.9 Å². The van der Waals surface area contributed by atoms with Gasteiger partial charge in [-0.2, -0.15) is 9.78 Å². The van der Waals surface area contributed by atoms with Gasteiger partial charge in [-0.05, 0) is 30.3 Å². The van der Waals surface area contributed by atoms with Crippen molar-refractivity contribution >= 4 is 45.4 Å². The average Bonchev–Trinajstić information content (AvgIpc) is 3.42. The summed E-state index contributed by atoms with van der Waals surface area (Å²) in [7, 11) is 1.43. The summed E-state index contributed by atoms with van der Waals surface area (Å²) >= 11 is 6.34. The molecule has 3 heterocycles. The molecule has 12 heteroatoms. The molecule has 0 unspecified atom stereocenters. The van der Waals surface area contributed by atoms with Gasteiger partial charge in [0, 0.05) is 34.2 Å². The van der Waals surface area contributed by atoms with Crippen LogP contribution in [-0.2, 0) is 0 Å². The SMILES string of the molecule is COc1cc(Cl)cc(C=Nn2c(-c3cc4ccccc4o3)nc3ccccc3c2=O)c1Oc1ccc([N+](=O)[O-])cn1. The van der Waals surface area contributed by atoms with Gasteiger partial charge in [0.05, 0.1) is 29.2 Å². The highest BCUT2D eigenvalue weighted by molar-refractivity contribution is 6.31. The monoisotopic (exact) mass is 567 g/mol. The maximum atomic E-state index is 13.6. The van der Waals surface area contributed by atoms with Gasteiger partial charge in [-0.1, -0.05) is 41.9 Å². The Labute approximate surface area is 236 Å². The van der Waals surface area contributed by atoms with Gasteiger partial charge >= 0.3 is 0 Å². The maximum absolute atomic E-state index is 13.6. The van der Waals surface area contributed by atoms with Crippen LogP contribution in [0.25, 0.3) is 33.5 Å². The van der Waals surface area contributed by atoms with E-state index in [4.69, 9.17) is 25.5 Å². The molecule has 0 bridgehead atoms. The fourth-order valence-electron chi connectivity index (χ4n) is 4.19. The van der Waals surface area contributed by atoms with E-state index >= 15 is 0 Å². The number of fused-ring (bicyclic) bond motifs is 2. The molecule has 0 aliphatic carbocycles. The largest absolute Gasteiger partial charge is 0.493 e. The quantitative estimate of drug-likeness (QED) is 0.122. The lowest BCUT2D eigenvalue weighted by Gasteiger charge is -2.13. The highest BCUT2D eigenvalue weighted by Gasteiger charge is 2.18. The number of furan rings is 1. The number of methoxy groups -OCH3 is 1. The summed E-state index contributed by atoms with van der Waals surface area (Å²) in [4.78, 5) is 32.8. The van der Waals surface area contributed by atoms with Gasteiger partial charge in [0.25, 0.3) is 11.2 Å². The molecule has 6 rings (SSSR count). The molecule has 41 heavy (non-hydrogen) atoms. The van der Waals surface area contributed by atoms with Crippen LogP contribution < -0.4 is 15.0 Å². The molecule has 0 saturated heterocycles. The summed E-state index contributed by atoms with van der Waals surface area (Å²) in [5.74, 6) is 1.03. The molecule has 0 saturated carbocycles. The second kappa shape index (κ2) is 10.5. The molecule has 11 nitrogen and oxygen atoms in total. The molecular weight excluding hydrogens is 550 g/mol. The van der Waals surface area contributed by atoms with E-state index in [0.29, 0.717) is 32.8 Å². The van der Waals surface area contributed by atoms with Crippen LogP contribution >= 0.6 is 11.6 Å². The van der Waals surface area contributed by atoms with Crippen molar-refractivity contribution in [2.75, 3.05) is 7.11 Å². The first-order chi connectivity index (χ1) is 19.9. The van der Waals surface area contributed by atoms with Crippen LogP contribution in [0.5, 0.6) is 17.4 Å². The molecule has 6 aromatic rings. The molecular formula is C29H18ClN5O6. The minimum absolute atomic E-state index is 0.0679. The van der Waals surface area contributed by atoms with E-state index in [0.717, 1.165) is 16.3 Å². The second-order valence-electron chi connectivity index (χ2n) is 8.70. The van der Waals surface area contributed by atoms with Gasteiger partial charge in [0.2, 0.25) is 11.7 Å². The van der Waals surface area contributed by atoms with Gasteiger partial charge in [0.1, 0.15) is 11.8 Å². The Hall–Kier alpha value is -5.55. The van der Waals surface area contributed by atoms with Crippen molar-refractivity contribution < 1.29 is 18.8 Å². The Balaban J connectivity index is 1.49. The maximum Gasteiger partial charge on any atom is 0.287 e. The molecule has 0 amide bonds. The van der Waals surface area contributed by atoms with E-state index < -0.39 is 10.5 Å². The van der Waals surface area contributed by atoms with Crippen molar-refractivity contribution in [3.05, 3.63) is 116 Å².